The highest BCUT2D eigenvalue weighted by Crippen LogP contribution is 2.34. The van der Waals surface area contributed by atoms with E-state index in [2.05, 4.69) is 41.6 Å². The maximum Gasteiger partial charge on any atom is 0.0934 e. The maximum absolute atomic E-state index is 6.03. The van der Waals surface area contributed by atoms with E-state index in [1.54, 1.807) is 17.5 Å². The largest absolute Gasteiger partial charge is 0.264 e. The van der Waals surface area contributed by atoms with Crippen molar-refractivity contribution in [2.24, 2.45) is 0 Å². The molecule has 0 aliphatic carbocycles. The van der Waals surface area contributed by atoms with Gasteiger partial charge >= 0.3 is 0 Å². The minimum atomic E-state index is 0.821. The van der Waals surface area contributed by atoms with E-state index in [9.17, 15) is 0 Å². The number of benzene rings is 1. The molecule has 2 aromatic heterocycles. The Morgan fingerprint density at radius 1 is 1.05 bits per heavy atom. The van der Waals surface area contributed by atoms with Crippen LogP contribution in [0.3, 0.4) is 0 Å². The van der Waals surface area contributed by atoms with Crippen molar-refractivity contribution in [1.29, 1.82) is 0 Å². The lowest BCUT2D eigenvalue weighted by Gasteiger charge is -2.10. The zero-order chi connectivity index (χ0) is 13.2. The summed E-state index contributed by atoms with van der Waals surface area (Å²) in [5.74, 6) is 0. The Labute approximate surface area is 121 Å². The Morgan fingerprint density at radius 2 is 1.84 bits per heavy atom. The molecule has 0 amide bonds. The molecule has 0 N–H and O–H groups in total. The highest BCUT2D eigenvalue weighted by molar-refractivity contribution is 7.14. The Morgan fingerprint density at radius 3 is 2.47 bits per heavy atom. The van der Waals surface area contributed by atoms with Gasteiger partial charge in [-0.15, -0.1) is 11.3 Å². The Bertz CT molecular complexity index is 704. The van der Waals surface area contributed by atoms with E-state index < -0.39 is 0 Å². The molecule has 0 aliphatic heterocycles. The van der Waals surface area contributed by atoms with Gasteiger partial charge < -0.3 is 0 Å². The van der Waals surface area contributed by atoms with Gasteiger partial charge in [0.25, 0.3) is 0 Å². The molecule has 0 radical (unpaired) electrons. The number of halogens is 1. The van der Waals surface area contributed by atoms with Crippen LogP contribution in [0.5, 0.6) is 0 Å². The van der Waals surface area contributed by atoms with Gasteiger partial charge in [0.05, 0.1) is 4.34 Å². The van der Waals surface area contributed by atoms with Gasteiger partial charge in [-0.1, -0.05) is 35.9 Å². The number of hydrogen-bond donors (Lipinski definition) is 0. The second kappa shape index (κ2) is 5.16. The second-order valence-electron chi connectivity index (χ2n) is 4.36. The summed E-state index contributed by atoms with van der Waals surface area (Å²) in [4.78, 5) is 4.19. The van der Waals surface area contributed by atoms with Gasteiger partial charge in [-0.2, -0.15) is 0 Å². The van der Waals surface area contributed by atoms with E-state index in [0.717, 1.165) is 9.90 Å². The van der Waals surface area contributed by atoms with Crippen molar-refractivity contribution in [3.8, 4) is 22.3 Å². The molecule has 94 valence electrons. The van der Waals surface area contributed by atoms with Gasteiger partial charge in [-0.05, 0) is 41.3 Å². The van der Waals surface area contributed by atoms with Crippen LogP contribution in [0, 0.1) is 6.92 Å². The number of thiophene rings is 1. The summed E-state index contributed by atoms with van der Waals surface area (Å²) >= 11 is 7.59. The van der Waals surface area contributed by atoms with Gasteiger partial charge in [0.2, 0.25) is 0 Å². The molecule has 3 rings (SSSR count). The summed E-state index contributed by atoms with van der Waals surface area (Å²) in [6, 6.07) is 12.4. The van der Waals surface area contributed by atoms with Crippen molar-refractivity contribution in [2.45, 2.75) is 6.92 Å². The monoisotopic (exact) mass is 285 g/mol. The third-order valence-corrected chi connectivity index (χ3v) is 4.28. The second-order valence-corrected chi connectivity index (χ2v) is 5.90. The normalized spacial score (nSPS) is 10.6. The van der Waals surface area contributed by atoms with Crippen LogP contribution in [-0.2, 0) is 0 Å². The summed E-state index contributed by atoms with van der Waals surface area (Å²) in [6.07, 6.45) is 3.69. The van der Waals surface area contributed by atoms with Crippen molar-refractivity contribution >= 4 is 22.9 Å². The molecular weight excluding hydrogens is 274 g/mol. The maximum atomic E-state index is 6.03. The van der Waals surface area contributed by atoms with Gasteiger partial charge in [0.15, 0.2) is 0 Å². The van der Waals surface area contributed by atoms with Crippen LogP contribution in [0.2, 0.25) is 4.34 Å². The zero-order valence-corrected chi connectivity index (χ0v) is 12.0. The van der Waals surface area contributed by atoms with E-state index in [-0.39, 0.29) is 0 Å². The Kier molecular flexibility index (Phi) is 3.36. The fourth-order valence-corrected chi connectivity index (χ4v) is 3.12. The lowest BCUT2D eigenvalue weighted by molar-refractivity contribution is 1.32. The molecule has 19 heavy (non-hydrogen) atoms. The molecule has 0 saturated carbocycles. The molecule has 0 fully saturated rings. The first kappa shape index (κ1) is 12.4. The van der Waals surface area contributed by atoms with Crippen LogP contribution < -0.4 is 0 Å². The summed E-state index contributed by atoms with van der Waals surface area (Å²) in [7, 11) is 0. The number of nitrogens with zero attached hydrogens (tertiary/aromatic N) is 1. The molecule has 3 heteroatoms. The molecule has 0 saturated heterocycles. The molecule has 0 bridgehead atoms. The fourth-order valence-electron chi connectivity index (χ4n) is 2.23. The van der Waals surface area contributed by atoms with Crippen LogP contribution in [0.15, 0.2) is 54.2 Å². The van der Waals surface area contributed by atoms with Crippen LogP contribution in [0.25, 0.3) is 22.3 Å². The van der Waals surface area contributed by atoms with E-state index in [0.29, 0.717) is 0 Å². The molecule has 1 aromatic carbocycles. The summed E-state index contributed by atoms with van der Waals surface area (Å²) in [5.41, 5.74) is 6.02. The molecule has 2 heterocycles. The van der Waals surface area contributed by atoms with E-state index in [1.807, 2.05) is 18.3 Å². The molecule has 1 nitrogen and oxygen atoms in total. The number of hydrogen-bond acceptors (Lipinski definition) is 2. The quantitative estimate of drug-likeness (QED) is 0.611. The topological polar surface area (TPSA) is 12.9 Å². The summed E-state index contributed by atoms with van der Waals surface area (Å²) in [6.45, 7) is 2.14. The molecule has 3 aromatic rings. The predicted octanol–water partition coefficient (Wildman–Crippen LogP) is 5.44. The SMILES string of the molecule is Cc1c(-c2cccnc2)cccc1-c1csc(Cl)c1. The lowest BCUT2D eigenvalue weighted by atomic mass is 9.95. The zero-order valence-electron chi connectivity index (χ0n) is 10.4. The standard InChI is InChI=1S/C16H12ClNS/c1-11-14(12-4-3-7-18-9-12)5-2-6-15(11)13-8-16(17)19-10-13/h2-10H,1H3. The molecule has 0 atom stereocenters. The first-order valence-electron chi connectivity index (χ1n) is 6.00. The third kappa shape index (κ3) is 2.42. The average Bonchev–Trinajstić information content (AvgIpc) is 2.86. The Balaban J connectivity index is 2.14. The summed E-state index contributed by atoms with van der Waals surface area (Å²) < 4.78 is 0.821. The van der Waals surface area contributed by atoms with E-state index in [1.165, 1.54) is 22.3 Å². The summed E-state index contributed by atoms with van der Waals surface area (Å²) in [5, 5.41) is 2.09. The fraction of sp³-hybridized carbons (Fsp3) is 0.0625. The van der Waals surface area contributed by atoms with Crippen LogP contribution in [0.1, 0.15) is 5.56 Å². The molecular formula is C16H12ClNS. The van der Waals surface area contributed by atoms with Gasteiger partial charge in [-0.25, -0.2) is 0 Å². The van der Waals surface area contributed by atoms with Crippen molar-refractivity contribution < 1.29 is 0 Å². The van der Waals surface area contributed by atoms with Crippen LogP contribution in [0.4, 0.5) is 0 Å². The first-order valence-corrected chi connectivity index (χ1v) is 7.26. The Hall–Kier alpha value is -1.64. The van der Waals surface area contributed by atoms with Crippen molar-refractivity contribution in [3.05, 3.63) is 64.1 Å². The van der Waals surface area contributed by atoms with E-state index >= 15 is 0 Å². The van der Waals surface area contributed by atoms with Gasteiger partial charge in [0, 0.05) is 23.3 Å². The number of rotatable bonds is 2. The van der Waals surface area contributed by atoms with Gasteiger partial charge in [-0.3, -0.25) is 4.98 Å². The smallest absolute Gasteiger partial charge is 0.0934 e. The van der Waals surface area contributed by atoms with Crippen molar-refractivity contribution in [1.82, 2.24) is 4.98 Å². The first-order chi connectivity index (χ1) is 9.25. The highest BCUT2D eigenvalue weighted by atomic mass is 35.5. The van der Waals surface area contributed by atoms with Gasteiger partial charge in [0.1, 0.15) is 0 Å². The molecule has 0 unspecified atom stereocenters. The lowest BCUT2D eigenvalue weighted by Crippen LogP contribution is -1.87. The predicted molar refractivity (Wildman–Crippen MR) is 82.7 cm³/mol. The minimum absolute atomic E-state index is 0.821. The van der Waals surface area contributed by atoms with Crippen molar-refractivity contribution in [3.63, 3.8) is 0 Å². The van der Waals surface area contributed by atoms with Crippen LogP contribution >= 0.6 is 22.9 Å². The minimum Gasteiger partial charge on any atom is -0.264 e. The third-order valence-electron chi connectivity index (χ3n) is 3.18. The van der Waals surface area contributed by atoms with Crippen molar-refractivity contribution in [2.75, 3.05) is 0 Å². The van der Waals surface area contributed by atoms with E-state index in [4.69, 9.17) is 11.6 Å². The number of aromatic nitrogens is 1. The highest BCUT2D eigenvalue weighted by Gasteiger charge is 2.09. The van der Waals surface area contributed by atoms with Crippen LogP contribution in [-0.4, -0.2) is 4.98 Å². The average molecular weight is 286 g/mol. The number of pyridine rings is 1. The molecule has 0 aliphatic rings. The molecule has 0 spiro atoms.